The third-order valence-electron chi connectivity index (χ3n) is 2.09. The number of nitrogens with one attached hydrogen (secondary N) is 1. The van der Waals surface area contributed by atoms with Crippen molar-refractivity contribution < 1.29 is 4.74 Å². The Morgan fingerprint density at radius 1 is 1.44 bits per heavy atom. The van der Waals surface area contributed by atoms with Crippen molar-refractivity contribution >= 4 is 5.82 Å². The van der Waals surface area contributed by atoms with Crippen LogP contribution < -0.4 is 10.1 Å². The topological polar surface area (TPSA) is 64.9 Å². The van der Waals surface area contributed by atoms with Gasteiger partial charge in [0.2, 0.25) is 0 Å². The van der Waals surface area contributed by atoms with Crippen molar-refractivity contribution in [2.75, 3.05) is 19.0 Å². The van der Waals surface area contributed by atoms with Gasteiger partial charge in [0.05, 0.1) is 26.0 Å². The lowest BCUT2D eigenvalue weighted by molar-refractivity contribution is 0.413. The second kappa shape index (κ2) is 5.11. The van der Waals surface area contributed by atoms with E-state index in [2.05, 4.69) is 20.6 Å². The normalized spacial score (nSPS) is 10.1. The summed E-state index contributed by atoms with van der Waals surface area (Å²) in [5.74, 6) is 1.57. The molecule has 2 rings (SSSR count). The predicted octanol–water partition coefficient (Wildman–Crippen LogP) is 0.794. The molecular formula is C10H13N5O. The lowest BCUT2D eigenvalue weighted by Crippen LogP contribution is -2.11. The van der Waals surface area contributed by atoms with Crippen molar-refractivity contribution in [3.63, 3.8) is 0 Å². The number of ether oxygens (including phenoxy) is 1. The van der Waals surface area contributed by atoms with E-state index in [1.54, 1.807) is 24.2 Å². The van der Waals surface area contributed by atoms with Gasteiger partial charge in [-0.2, -0.15) is 0 Å². The van der Waals surface area contributed by atoms with Crippen LogP contribution in [0.4, 0.5) is 5.82 Å². The second-order valence-corrected chi connectivity index (χ2v) is 3.18. The number of nitrogens with zero attached hydrogens (tertiary/aromatic N) is 4. The average Bonchev–Trinajstić information content (AvgIpc) is 2.83. The van der Waals surface area contributed by atoms with Crippen LogP contribution >= 0.6 is 0 Å². The van der Waals surface area contributed by atoms with E-state index in [4.69, 9.17) is 4.74 Å². The van der Waals surface area contributed by atoms with Gasteiger partial charge in [0.1, 0.15) is 11.6 Å². The largest absolute Gasteiger partial charge is 0.495 e. The molecule has 0 aliphatic heterocycles. The molecule has 0 bridgehead atoms. The summed E-state index contributed by atoms with van der Waals surface area (Å²) in [7, 11) is 1.62. The van der Waals surface area contributed by atoms with E-state index in [0.29, 0.717) is 0 Å². The Morgan fingerprint density at radius 2 is 2.38 bits per heavy atom. The molecule has 0 aliphatic rings. The molecule has 0 atom stereocenters. The number of anilines is 1. The van der Waals surface area contributed by atoms with E-state index in [0.717, 1.165) is 24.7 Å². The first kappa shape index (κ1) is 10.4. The quantitative estimate of drug-likeness (QED) is 0.805. The third-order valence-corrected chi connectivity index (χ3v) is 2.09. The summed E-state index contributed by atoms with van der Waals surface area (Å²) in [4.78, 5) is 4.19. The number of methoxy groups -OCH3 is 1. The average molecular weight is 219 g/mol. The fourth-order valence-corrected chi connectivity index (χ4v) is 1.26. The van der Waals surface area contributed by atoms with E-state index in [1.807, 2.05) is 18.3 Å². The highest BCUT2D eigenvalue weighted by Crippen LogP contribution is 2.10. The third kappa shape index (κ3) is 2.69. The zero-order chi connectivity index (χ0) is 11.2. The molecule has 6 nitrogen and oxygen atoms in total. The molecule has 0 saturated heterocycles. The zero-order valence-corrected chi connectivity index (χ0v) is 9.00. The summed E-state index contributed by atoms with van der Waals surface area (Å²) in [5.41, 5.74) is 0. The maximum atomic E-state index is 5.02. The van der Waals surface area contributed by atoms with Gasteiger partial charge >= 0.3 is 0 Å². The van der Waals surface area contributed by atoms with Crippen molar-refractivity contribution in [2.24, 2.45) is 0 Å². The van der Waals surface area contributed by atoms with E-state index in [1.165, 1.54) is 0 Å². The summed E-state index contributed by atoms with van der Waals surface area (Å²) in [6, 6.07) is 3.74. The van der Waals surface area contributed by atoms with Gasteiger partial charge in [0.15, 0.2) is 0 Å². The minimum absolute atomic E-state index is 0.752. The van der Waals surface area contributed by atoms with Gasteiger partial charge in [0.25, 0.3) is 0 Å². The van der Waals surface area contributed by atoms with Crippen LogP contribution in [0.3, 0.4) is 0 Å². The smallest absolute Gasteiger partial charge is 0.137 e. The minimum Gasteiger partial charge on any atom is -0.495 e. The van der Waals surface area contributed by atoms with Crippen LogP contribution in [0, 0.1) is 0 Å². The van der Waals surface area contributed by atoms with Gasteiger partial charge in [-0.05, 0) is 12.1 Å². The molecule has 0 aromatic carbocycles. The van der Waals surface area contributed by atoms with Crippen LogP contribution in [0.15, 0.2) is 30.7 Å². The zero-order valence-electron chi connectivity index (χ0n) is 9.00. The molecule has 0 spiro atoms. The Kier molecular flexibility index (Phi) is 3.32. The van der Waals surface area contributed by atoms with Gasteiger partial charge in [-0.15, -0.1) is 5.10 Å². The predicted molar refractivity (Wildman–Crippen MR) is 59.3 cm³/mol. The Bertz CT molecular complexity index is 411. The summed E-state index contributed by atoms with van der Waals surface area (Å²) in [6.45, 7) is 1.51. The van der Waals surface area contributed by atoms with Crippen LogP contribution in [0.1, 0.15) is 0 Å². The summed E-state index contributed by atoms with van der Waals surface area (Å²) < 4.78 is 6.78. The van der Waals surface area contributed by atoms with E-state index in [-0.39, 0.29) is 0 Å². The molecule has 6 heteroatoms. The first-order valence-corrected chi connectivity index (χ1v) is 4.96. The van der Waals surface area contributed by atoms with Crippen molar-refractivity contribution in [1.29, 1.82) is 0 Å². The summed E-state index contributed by atoms with van der Waals surface area (Å²) in [5, 5.41) is 10.8. The van der Waals surface area contributed by atoms with Gasteiger partial charge in [-0.3, -0.25) is 4.68 Å². The van der Waals surface area contributed by atoms with E-state index < -0.39 is 0 Å². The maximum absolute atomic E-state index is 5.02. The van der Waals surface area contributed by atoms with E-state index in [9.17, 15) is 0 Å². The monoisotopic (exact) mass is 219 g/mol. The molecule has 2 aromatic heterocycles. The van der Waals surface area contributed by atoms with Crippen molar-refractivity contribution in [3.8, 4) is 5.75 Å². The first-order chi connectivity index (χ1) is 7.88. The minimum atomic E-state index is 0.752. The molecule has 1 N–H and O–H groups in total. The van der Waals surface area contributed by atoms with Crippen LogP contribution in [-0.2, 0) is 6.54 Å². The summed E-state index contributed by atoms with van der Waals surface area (Å²) >= 11 is 0. The van der Waals surface area contributed by atoms with Crippen LogP contribution in [-0.4, -0.2) is 33.6 Å². The fraction of sp³-hybridized carbons (Fsp3) is 0.300. The van der Waals surface area contributed by atoms with Crippen molar-refractivity contribution in [2.45, 2.75) is 6.54 Å². The molecule has 0 amide bonds. The standard InChI is InChI=1S/C10H13N5O/c1-16-9-2-3-10(12-8-9)11-4-6-15-7-5-13-14-15/h2-3,5,7-8H,4,6H2,1H3,(H,11,12). The lowest BCUT2D eigenvalue weighted by Gasteiger charge is -2.05. The molecule has 16 heavy (non-hydrogen) atoms. The molecule has 84 valence electrons. The maximum Gasteiger partial charge on any atom is 0.137 e. The number of pyridine rings is 1. The number of aromatic nitrogens is 4. The highest BCUT2D eigenvalue weighted by atomic mass is 16.5. The van der Waals surface area contributed by atoms with Gasteiger partial charge in [-0.1, -0.05) is 5.21 Å². The molecule has 0 unspecified atom stereocenters. The van der Waals surface area contributed by atoms with Crippen LogP contribution in [0.2, 0.25) is 0 Å². The van der Waals surface area contributed by atoms with Crippen LogP contribution in [0.5, 0.6) is 5.75 Å². The number of hydrogen-bond acceptors (Lipinski definition) is 5. The number of rotatable bonds is 5. The Balaban J connectivity index is 1.81. The lowest BCUT2D eigenvalue weighted by atomic mass is 10.4. The molecule has 0 saturated carbocycles. The van der Waals surface area contributed by atoms with E-state index >= 15 is 0 Å². The molecule has 0 radical (unpaired) electrons. The molecule has 0 aliphatic carbocycles. The molecule has 2 aromatic rings. The Hall–Kier alpha value is -2.11. The van der Waals surface area contributed by atoms with Crippen LogP contribution in [0.25, 0.3) is 0 Å². The molecule has 2 heterocycles. The van der Waals surface area contributed by atoms with Crippen molar-refractivity contribution in [3.05, 3.63) is 30.7 Å². The fourth-order valence-electron chi connectivity index (χ4n) is 1.26. The SMILES string of the molecule is COc1ccc(NCCn2ccnn2)nc1. The summed E-state index contributed by atoms with van der Waals surface area (Å²) in [6.07, 6.45) is 5.16. The molecular weight excluding hydrogens is 206 g/mol. The molecule has 0 fully saturated rings. The second-order valence-electron chi connectivity index (χ2n) is 3.18. The van der Waals surface area contributed by atoms with Gasteiger partial charge in [-0.25, -0.2) is 4.98 Å². The number of hydrogen-bond donors (Lipinski definition) is 1. The highest BCUT2D eigenvalue weighted by molar-refractivity contribution is 5.37. The highest BCUT2D eigenvalue weighted by Gasteiger charge is 1.95. The van der Waals surface area contributed by atoms with Gasteiger partial charge in [0, 0.05) is 12.7 Å². The Morgan fingerprint density at radius 3 is 3.00 bits per heavy atom. The first-order valence-electron chi connectivity index (χ1n) is 4.96. The van der Waals surface area contributed by atoms with Gasteiger partial charge < -0.3 is 10.1 Å². The van der Waals surface area contributed by atoms with Crippen molar-refractivity contribution in [1.82, 2.24) is 20.0 Å². The Labute approximate surface area is 93.3 Å².